The Kier molecular flexibility index (Phi) is 4.87. The van der Waals surface area contributed by atoms with Crippen LogP contribution in [0.4, 0.5) is 14.5 Å². The Morgan fingerprint density at radius 1 is 1.24 bits per heavy atom. The molecule has 21 heavy (non-hydrogen) atoms. The number of carbonyl (C=O) groups excluding carboxylic acids is 1. The molecular weight excluding hydrogens is 327 g/mol. The second-order valence-electron chi connectivity index (χ2n) is 3.70. The van der Waals surface area contributed by atoms with Gasteiger partial charge in [-0.15, -0.1) is 0 Å². The molecule has 110 valence electrons. The molecule has 0 spiro atoms. The molecule has 2 rings (SSSR count). The summed E-state index contributed by atoms with van der Waals surface area (Å²) < 4.78 is 28.4. The molecule has 2 aromatic rings. The van der Waals surface area contributed by atoms with E-state index in [1.807, 2.05) is 0 Å². The van der Waals surface area contributed by atoms with Crippen molar-refractivity contribution in [2.75, 3.05) is 5.32 Å². The predicted molar refractivity (Wildman–Crippen MR) is 73.1 cm³/mol. The number of amides is 1. The Hall–Kier alpha value is -1.99. The molecule has 0 saturated heterocycles. The molecule has 1 heterocycles. The number of nitrogens with zero attached hydrogens (tertiary/aromatic N) is 2. The zero-order valence-corrected chi connectivity index (χ0v) is 11.7. The molecule has 0 bridgehead atoms. The van der Waals surface area contributed by atoms with Gasteiger partial charge in [0.25, 0.3) is 5.91 Å². The van der Waals surface area contributed by atoms with Crippen LogP contribution in [0.25, 0.3) is 0 Å². The summed E-state index contributed by atoms with van der Waals surface area (Å²) in [5.41, 5.74) is 0.340. The van der Waals surface area contributed by atoms with Crippen LogP contribution in [0.3, 0.4) is 0 Å². The minimum Gasteiger partial charge on any atom is -0.433 e. The standard InChI is InChI=1S/C12H7Cl2F2N3O2/c13-7-3-6(1-2-9(7)21-12(15)16)19-11(20)8-4-18-10(14)5-17-8/h1-5,12H,(H,19,20). The first kappa shape index (κ1) is 15.4. The van der Waals surface area contributed by atoms with Crippen molar-refractivity contribution in [1.29, 1.82) is 0 Å². The maximum absolute atomic E-state index is 12.1. The van der Waals surface area contributed by atoms with Gasteiger partial charge in [0.1, 0.15) is 16.6 Å². The highest BCUT2D eigenvalue weighted by molar-refractivity contribution is 6.32. The van der Waals surface area contributed by atoms with Gasteiger partial charge in [-0.2, -0.15) is 8.78 Å². The zero-order chi connectivity index (χ0) is 15.4. The van der Waals surface area contributed by atoms with Crippen LogP contribution in [-0.4, -0.2) is 22.5 Å². The van der Waals surface area contributed by atoms with Crippen LogP contribution in [0.2, 0.25) is 10.2 Å². The molecule has 9 heteroatoms. The molecule has 1 amide bonds. The molecule has 0 aliphatic heterocycles. The van der Waals surface area contributed by atoms with E-state index in [1.165, 1.54) is 30.6 Å². The molecule has 0 aliphatic carbocycles. The predicted octanol–water partition coefficient (Wildman–Crippen LogP) is 3.64. The third-order valence-electron chi connectivity index (χ3n) is 2.26. The largest absolute Gasteiger partial charge is 0.433 e. The number of benzene rings is 1. The molecule has 1 N–H and O–H groups in total. The van der Waals surface area contributed by atoms with Crippen LogP contribution >= 0.6 is 23.2 Å². The first-order valence-electron chi connectivity index (χ1n) is 5.49. The summed E-state index contributed by atoms with van der Waals surface area (Å²) >= 11 is 11.3. The summed E-state index contributed by atoms with van der Waals surface area (Å²) in [6.07, 6.45) is 2.43. The minimum absolute atomic E-state index is 0.0448. The quantitative estimate of drug-likeness (QED) is 0.927. The summed E-state index contributed by atoms with van der Waals surface area (Å²) in [6.45, 7) is -2.98. The molecule has 0 saturated carbocycles. The first-order chi connectivity index (χ1) is 9.95. The molecule has 0 fully saturated rings. The van der Waals surface area contributed by atoms with Crippen molar-refractivity contribution in [2.24, 2.45) is 0 Å². The lowest BCUT2D eigenvalue weighted by atomic mass is 10.3. The highest BCUT2D eigenvalue weighted by Gasteiger charge is 2.12. The topological polar surface area (TPSA) is 64.1 Å². The average molecular weight is 334 g/mol. The number of aromatic nitrogens is 2. The SMILES string of the molecule is O=C(Nc1ccc(OC(F)F)c(Cl)c1)c1cnc(Cl)cn1. The molecular formula is C12H7Cl2F2N3O2. The molecule has 1 aromatic heterocycles. The highest BCUT2D eigenvalue weighted by atomic mass is 35.5. The Morgan fingerprint density at radius 2 is 2.00 bits per heavy atom. The van der Waals surface area contributed by atoms with Gasteiger partial charge in [-0.05, 0) is 18.2 Å². The van der Waals surface area contributed by atoms with Gasteiger partial charge in [0.05, 0.1) is 17.4 Å². The summed E-state index contributed by atoms with van der Waals surface area (Å²) in [4.78, 5) is 19.4. The molecule has 0 radical (unpaired) electrons. The van der Waals surface area contributed by atoms with Crippen molar-refractivity contribution < 1.29 is 18.3 Å². The molecule has 5 nitrogen and oxygen atoms in total. The van der Waals surface area contributed by atoms with Crippen molar-refractivity contribution in [3.63, 3.8) is 0 Å². The smallest absolute Gasteiger partial charge is 0.387 e. The number of halogens is 4. The number of anilines is 1. The van der Waals surface area contributed by atoms with Crippen LogP contribution < -0.4 is 10.1 Å². The second-order valence-corrected chi connectivity index (χ2v) is 4.50. The van der Waals surface area contributed by atoms with Crippen LogP contribution in [0.5, 0.6) is 5.75 Å². The van der Waals surface area contributed by atoms with E-state index in [0.717, 1.165) is 0 Å². The van der Waals surface area contributed by atoms with Gasteiger partial charge in [-0.1, -0.05) is 23.2 Å². The maximum atomic E-state index is 12.1. The van der Waals surface area contributed by atoms with Crippen LogP contribution in [-0.2, 0) is 0 Å². The van der Waals surface area contributed by atoms with Crippen LogP contribution in [0.1, 0.15) is 10.5 Å². The van der Waals surface area contributed by atoms with E-state index in [4.69, 9.17) is 23.2 Å². The van der Waals surface area contributed by atoms with Gasteiger partial charge >= 0.3 is 6.61 Å². The Bertz CT molecular complexity index is 653. The van der Waals surface area contributed by atoms with E-state index in [1.54, 1.807) is 0 Å². The van der Waals surface area contributed by atoms with Gasteiger partial charge in [-0.3, -0.25) is 4.79 Å². The summed E-state index contributed by atoms with van der Waals surface area (Å²) in [5.74, 6) is -0.728. The normalized spacial score (nSPS) is 10.5. The zero-order valence-electron chi connectivity index (χ0n) is 10.2. The van der Waals surface area contributed by atoms with Crippen molar-refractivity contribution in [1.82, 2.24) is 9.97 Å². The monoisotopic (exact) mass is 333 g/mol. The summed E-state index contributed by atoms with van der Waals surface area (Å²) in [6, 6.07) is 3.86. The third kappa shape index (κ3) is 4.24. The van der Waals surface area contributed by atoms with E-state index in [9.17, 15) is 13.6 Å². The van der Waals surface area contributed by atoms with Gasteiger partial charge in [-0.25, -0.2) is 9.97 Å². The lowest BCUT2D eigenvalue weighted by molar-refractivity contribution is -0.0497. The fourth-order valence-corrected chi connectivity index (χ4v) is 1.72. The number of hydrogen-bond acceptors (Lipinski definition) is 4. The number of rotatable bonds is 4. The van der Waals surface area contributed by atoms with Crippen molar-refractivity contribution >= 4 is 34.8 Å². The minimum atomic E-state index is -2.98. The molecule has 0 atom stereocenters. The average Bonchev–Trinajstić information content (AvgIpc) is 2.42. The molecule has 1 aromatic carbocycles. The van der Waals surface area contributed by atoms with Gasteiger partial charge in [0.15, 0.2) is 0 Å². The van der Waals surface area contributed by atoms with Crippen molar-refractivity contribution in [2.45, 2.75) is 6.61 Å². The van der Waals surface area contributed by atoms with E-state index in [-0.39, 0.29) is 21.6 Å². The van der Waals surface area contributed by atoms with E-state index >= 15 is 0 Å². The third-order valence-corrected chi connectivity index (χ3v) is 2.75. The molecule has 0 aliphatic rings. The van der Waals surface area contributed by atoms with Crippen LogP contribution in [0, 0.1) is 0 Å². The van der Waals surface area contributed by atoms with Crippen LogP contribution in [0.15, 0.2) is 30.6 Å². The fraction of sp³-hybridized carbons (Fsp3) is 0.0833. The van der Waals surface area contributed by atoms with Crippen molar-refractivity contribution in [3.8, 4) is 5.75 Å². The lowest BCUT2D eigenvalue weighted by Gasteiger charge is -2.09. The van der Waals surface area contributed by atoms with Gasteiger partial charge < -0.3 is 10.1 Å². The highest BCUT2D eigenvalue weighted by Crippen LogP contribution is 2.29. The van der Waals surface area contributed by atoms with Crippen molar-refractivity contribution in [3.05, 3.63) is 46.5 Å². The summed E-state index contributed by atoms with van der Waals surface area (Å²) in [7, 11) is 0. The van der Waals surface area contributed by atoms with Gasteiger partial charge in [0, 0.05) is 5.69 Å². The number of nitrogens with one attached hydrogen (secondary N) is 1. The second kappa shape index (κ2) is 6.64. The maximum Gasteiger partial charge on any atom is 0.387 e. The first-order valence-corrected chi connectivity index (χ1v) is 6.24. The fourth-order valence-electron chi connectivity index (χ4n) is 1.39. The Morgan fingerprint density at radius 3 is 2.57 bits per heavy atom. The Labute approximate surface area is 127 Å². The van der Waals surface area contributed by atoms with E-state index in [0.29, 0.717) is 5.69 Å². The summed E-state index contributed by atoms with van der Waals surface area (Å²) in [5, 5.41) is 2.58. The van der Waals surface area contributed by atoms with E-state index in [2.05, 4.69) is 20.0 Å². The number of alkyl halides is 2. The lowest BCUT2D eigenvalue weighted by Crippen LogP contribution is -2.14. The number of ether oxygens (including phenoxy) is 1. The number of carbonyl (C=O) groups is 1. The Balaban J connectivity index is 2.11. The van der Waals surface area contributed by atoms with Gasteiger partial charge in [0.2, 0.25) is 0 Å². The van der Waals surface area contributed by atoms with E-state index < -0.39 is 12.5 Å². The number of hydrogen-bond donors (Lipinski definition) is 1. The molecule has 0 unspecified atom stereocenters.